The molecule has 0 radical (unpaired) electrons. The largest absolute Gasteiger partial charge is 0.449 e. The van der Waals surface area contributed by atoms with Gasteiger partial charge in [-0.05, 0) is 50.5 Å². The zero-order chi connectivity index (χ0) is 18.6. The van der Waals surface area contributed by atoms with E-state index in [0.29, 0.717) is 30.8 Å². The monoisotopic (exact) mass is 356 g/mol. The second-order valence-electron chi connectivity index (χ2n) is 5.83. The van der Waals surface area contributed by atoms with Crippen molar-refractivity contribution in [2.75, 3.05) is 17.2 Å². The molecule has 6 heteroatoms. The lowest BCUT2D eigenvalue weighted by atomic mass is 10.2. The van der Waals surface area contributed by atoms with Gasteiger partial charge >= 0.3 is 12.2 Å². The Bertz CT molecular complexity index is 677. The van der Waals surface area contributed by atoms with Gasteiger partial charge in [-0.25, -0.2) is 9.59 Å². The summed E-state index contributed by atoms with van der Waals surface area (Å²) in [5.74, 6) is 0. The average molecular weight is 356 g/mol. The molecular weight excluding hydrogens is 332 g/mol. The van der Waals surface area contributed by atoms with Crippen LogP contribution in [0, 0.1) is 0 Å². The lowest BCUT2D eigenvalue weighted by Crippen LogP contribution is -2.20. The van der Waals surface area contributed by atoms with Gasteiger partial charge in [0.05, 0.1) is 6.61 Å². The minimum atomic E-state index is -0.470. The van der Waals surface area contributed by atoms with Crippen molar-refractivity contribution in [2.24, 2.45) is 0 Å². The quantitative estimate of drug-likeness (QED) is 0.650. The SMILES string of the molecule is C[C@H](CCCCOC(=O)Nc1ccccc1)OC(=O)Nc1ccccc1. The van der Waals surface area contributed by atoms with E-state index in [-0.39, 0.29) is 6.10 Å². The predicted molar refractivity (Wildman–Crippen MR) is 101 cm³/mol. The molecule has 2 amide bonds. The van der Waals surface area contributed by atoms with E-state index in [2.05, 4.69) is 10.6 Å². The van der Waals surface area contributed by atoms with Gasteiger partial charge in [0.15, 0.2) is 0 Å². The summed E-state index contributed by atoms with van der Waals surface area (Å²) in [5, 5.41) is 5.33. The third kappa shape index (κ3) is 7.70. The third-order valence-electron chi connectivity index (χ3n) is 3.59. The van der Waals surface area contributed by atoms with Crippen molar-refractivity contribution in [2.45, 2.75) is 32.3 Å². The van der Waals surface area contributed by atoms with Crippen LogP contribution in [0.1, 0.15) is 26.2 Å². The van der Waals surface area contributed by atoms with Crippen LogP contribution in [0.25, 0.3) is 0 Å². The van der Waals surface area contributed by atoms with Crippen LogP contribution in [-0.4, -0.2) is 24.9 Å². The average Bonchev–Trinajstić information content (AvgIpc) is 2.63. The fourth-order valence-corrected chi connectivity index (χ4v) is 2.28. The molecule has 0 aliphatic heterocycles. The Balaban J connectivity index is 1.53. The highest BCUT2D eigenvalue weighted by atomic mass is 16.6. The summed E-state index contributed by atoms with van der Waals surface area (Å²) in [6.45, 7) is 2.16. The second kappa shape index (κ2) is 10.8. The molecule has 138 valence electrons. The van der Waals surface area contributed by atoms with Crippen molar-refractivity contribution in [3.8, 4) is 0 Å². The van der Waals surface area contributed by atoms with Crippen molar-refractivity contribution >= 4 is 23.6 Å². The Morgan fingerprint density at radius 3 is 1.96 bits per heavy atom. The molecule has 1 atom stereocenters. The number of hydrogen-bond donors (Lipinski definition) is 2. The Morgan fingerprint density at radius 2 is 1.38 bits per heavy atom. The van der Waals surface area contributed by atoms with Crippen LogP contribution in [0.3, 0.4) is 0 Å². The molecule has 2 aromatic rings. The first-order valence-corrected chi connectivity index (χ1v) is 8.65. The third-order valence-corrected chi connectivity index (χ3v) is 3.59. The highest BCUT2D eigenvalue weighted by Gasteiger charge is 2.09. The smallest absolute Gasteiger partial charge is 0.411 e. The Hall–Kier alpha value is -3.02. The molecule has 2 N–H and O–H groups in total. The zero-order valence-electron chi connectivity index (χ0n) is 14.8. The molecule has 2 rings (SSSR count). The first-order valence-electron chi connectivity index (χ1n) is 8.65. The summed E-state index contributed by atoms with van der Waals surface area (Å²) in [4.78, 5) is 23.4. The summed E-state index contributed by atoms with van der Waals surface area (Å²) >= 11 is 0. The minimum Gasteiger partial charge on any atom is -0.449 e. The number of nitrogens with one attached hydrogen (secondary N) is 2. The van der Waals surface area contributed by atoms with Crippen molar-refractivity contribution < 1.29 is 19.1 Å². The number of anilines is 2. The van der Waals surface area contributed by atoms with Gasteiger partial charge in [0, 0.05) is 11.4 Å². The van der Waals surface area contributed by atoms with Gasteiger partial charge in [-0.1, -0.05) is 36.4 Å². The molecule has 6 nitrogen and oxygen atoms in total. The van der Waals surface area contributed by atoms with Crippen LogP contribution >= 0.6 is 0 Å². The van der Waals surface area contributed by atoms with E-state index >= 15 is 0 Å². The van der Waals surface area contributed by atoms with Gasteiger partial charge in [-0.2, -0.15) is 0 Å². The molecule has 0 aromatic heterocycles. The molecule has 0 saturated carbocycles. The predicted octanol–water partition coefficient (Wildman–Crippen LogP) is 5.04. The van der Waals surface area contributed by atoms with Crippen LogP contribution in [0.2, 0.25) is 0 Å². The van der Waals surface area contributed by atoms with Crippen LogP contribution in [0.4, 0.5) is 21.0 Å². The molecule has 0 saturated heterocycles. The van der Waals surface area contributed by atoms with Gasteiger partial charge in [0.2, 0.25) is 0 Å². The molecule has 0 aliphatic carbocycles. The summed E-state index contributed by atoms with van der Waals surface area (Å²) < 4.78 is 10.4. The molecule has 0 fully saturated rings. The van der Waals surface area contributed by atoms with Gasteiger partial charge in [0.25, 0.3) is 0 Å². The van der Waals surface area contributed by atoms with Gasteiger partial charge in [-0.3, -0.25) is 10.6 Å². The molecule has 0 heterocycles. The van der Waals surface area contributed by atoms with E-state index in [4.69, 9.17) is 9.47 Å². The molecule has 2 aromatic carbocycles. The number of unbranched alkanes of at least 4 members (excludes halogenated alkanes) is 1. The maximum Gasteiger partial charge on any atom is 0.411 e. The van der Waals surface area contributed by atoms with Gasteiger partial charge < -0.3 is 9.47 Å². The lowest BCUT2D eigenvalue weighted by molar-refractivity contribution is 0.112. The highest BCUT2D eigenvalue weighted by molar-refractivity contribution is 5.85. The van der Waals surface area contributed by atoms with E-state index < -0.39 is 12.2 Å². The van der Waals surface area contributed by atoms with Gasteiger partial charge in [0.1, 0.15) is 6.10 Å². The Morgan fingerprint density at radius 1 is 0.846 bits per heavy atom. The van der Waals surface area contributed by atoms with E-state index in [9.17, 15) is 9.59 Å². The number of carbonyl (C=O) groups is 2. The fraction of sp³-hybridized carbons (Fsp3) is 0.300. The summed E-state index contributed by atoms with van der Waals surface area (Å²) in [7, 11) is 0. The summed E-state index contributed by atoms with van der Waals surface area (Å²) in [6.07, 6.45) is 1.04. The number of para-hydroxylation sites is 2. The maximum absolute atomic E-state index is 11.8. The molecule has 0 unspecified atom stereocenters. The normalized spacial score (nSPS) is 11.3. The molecule has 0 bridgehead atoms. The first kappa shape index (κ1) is 19.3. The molecule has 0 spiro atoms. The fourth-order valence-electron chi connectivity index (χ4n) is 2.28. The first-order chi connectivity index (χ1) is 12.6. The number of hydrogen-bond acceptors (Lipinski definition) is 4. The van der Waals surface area contributed by atoms with E-state index in [1.807, 2.05) is 43.3 Å². The number of benzene rings is 2. The van der Waals surface area contributed by atoms with Crippen molar-refractivity contribution in [1.82, 2.24) is 0 Å². The molecule has 26 heavy (non-hydrogen) atoms. The zero-order valence-corrected chi connectivity index (χ0v) is 14.8. The number of rotatable bonds is 8. The Labute approximate surface area is 153 Å². The van der Waals surface area contributed by atoms with Crippen LogP contribution in [0.15, 0.2) is 60.7 Å². The number of carbonyl (C=O) groups excluding carboxylic acids is 2. The Kier molecular flexibility index (Phi) is 7.99. The van der Waals surface area contributed by atoms with Gasteiger partial charge in [-0.15, -0.1) is 0 Å². The number of amides is 2. The van der Waals surface area contributed by atoms with Crippen molar-refractivity contribution in [1.29, 1.82) is 0 Å². The van der Waals surface area contributed by atoms with E-state index in [1.165, 1.54) is 0 Å². The van der Waals surface area contributed by atoms with Crippen LogP contribution in [-0.2, 0) is 9.47 Å². The van der Waals surface area contributed by atoms with Crippen molar-refractivity contribution in [3.05, 3.63) is 60.7 Å². The highest BCUT2D eigenvalue weighted by Crippen LogP contribution is 2.10. The lowest BCUT2D eigenvalue weighted by Gasteiger charge is -2.14. The standard InChI is InChI=1S/C20H24N2O4/c1-16(26-20(24)22-18-13-6-3-7-14-18)10-8-9-15-25-19(23)21-17-11-4-2-5-12-17/h2-7,11-14,16H,8-10,15H2,1H3,(H,21,23)(H,22,24)/t16-/m1/s1. The number of ether oxygens (including phenoxy) is 2. The minimum absolute atomic E-state index is 0.211. The maximum atomic E-state index is 11.8. The topological polar surface area (TPSA) is 76.7 Å². The van der Waals surface area contributed by atoms with E-state index in [0.717, 1.165) is 6.42 Å². The summed E-state index contributed by atoms with van der Waals surface area (Å²) in [5.41, 5.74) is 1.39. The van der Waals surface area contributed by atoms with Crippen molar-refractivity contribution in [3.63, 3.8) is 0 Å². The summed E-state index contributed by atoms with van der Waals surface area (Å²) in [6, 6.07) is 18.3. The van der Waals surface area contributed by atoms with Crippen LogP contribution in [0.5, 0.6) is 0 Å². The molecular formula is C20H24N2O4. The molecule has 0 aliphatic rings. The van der Waals surface area contributed by atoms with E-state index in [1.54, 1.807) is 24.3 Å². The second-order valence-corrected chi connectivity index (χ2v) is 5.83. The van der Waals surface area contributed by atoms with Crippen LogP contribution < -0.4 is 10.6 Å².